The second kappa shape index (κ2) is 5.59. The molecule has 21 heavy (non-hydrogen) atoms. The lowest BCUT2D eigenvalue weighted by molar-refractivity contribution is -0.149. The Labute approximate surface area is 128 Å². The zero-order valence-corrected chi connectivity index (χ0v) is 12.9. The molecule has 2 aliphatic rings. The number of aliphatic hydroxyl groups excluding tert-OH is 1. The maximum Gasteiger partial charge on any atom is 0.230 e. The van der Waals surface area contributed by atoms with Crippen molar-refractivity contribution in [3.05, 3.63) is 16.4 Å². The number of carbonyl (C=O) groups excluding carboxylic acids is 1. The van der Waals surface area contributed by atoms with Crippen molar-refractivity contribution in [1.29, 1.82) is 0 Å². The van der Waals surface area contributed by atoms with Gasteiger partial charge in [-0.2, -0.15) is 5.10 Å². The number of halogens is 1. The number of rotatable bonds is 2. The summed E-state index contributed by atoms with van der Waals surface area (Å²) in [5.41, 5.74) is 0.986. The zero-order chi connectivity index (χ0) is 15.0. The van der Waals surface area contributed by atoms with Crippen LogP contribution in [0.2, 0.25) is 5.02 Å². The molecule has 3 rings (SSSR count). The number of piperidine rings is 2. The lowest BCUT2D eigenvalue weighted by atomic mass is 9.71. The number of hydrogen-bond acceptors (Lipinski definition) is 4. The minimum absolute atomic E-state index is 0.0183. The number of H-pyrrole nitrogens is 1. The quantitative estimate of drug-likeness (QED) is 0.756. The Morgan fingerprint density at radius 3 is 3.05 bits per heavy atom. The SMILES string of the molecule is Cc1[nH]nc(CN2CC[C@H](O)[C@@]3(CCCNC3=O)C2)c1Cl. The van der Waals surface area contributed by atoms with Gasteiger partial charge in [0.25, 0.3) is 0 Å². The minimum Gasteiger partial charge on any atom is -0.392 e. The monoisotopic (exact) mass is 312 g/mol. The highest BCUT2D eigenvalue weighted by Gasteiger charge is 2.49. The number of aromatic nitrogens is 2. The molecule has 116 valence electrons. The van der Waals surface area contributed by atoms with Crippen LogP contribution in [0.3, 0.4) is 0 Å². The number of amides is 1. The van der Waals surface area contributed by atoms with Gasteiger partial charge in [0.15, 0.2) is 0 Å². The molecule has 1 amide bonds. The van der Waals surface area contributed by atoms with Gasteiger partial charge in [0.1, 0.15) is 0 Å². The molecular formula is C14H21ClN4O2. The maximum absolute atomic E-state index is 12.3. The highest BCUT2D eigenvalue weighted by Crippen LogP contribution is 2.37. The molecular weight excluding hydrogens is 292 g/mol. The summed E-state index contributed by atoms with van der Waals surface area (Å²) in [6.07, 6.45) is 1.70. The van der Waals surface area contributed by atoms with Crippen LogP contribution < -0.4 is 5.32 Å². The molecule has 7 heteroatoms. The van der Waals surface area contributed by atoms with Crippen molar-refractivity contribution < 1.29 is 9.90 Å². The smallest absolute Gasteiger partial charge is 0.230 e. The van der Waals surface area contributed by atoms with Gasteiger partial charge in [-0.25, -0.2) is 0 Å². The van der Waals surface area contributed by atoms with Crippen LogP contribution in [-0.2, 0) is 11.3 Å². The van der Waals surface area contributed by atoms with E-state index in [-0.39, 0.29) is 5.91 Å². The Morgan fingerprint density at radius 1 is 1.57 bits per heavy atom. The second-order valence-corrected chi connectivity index (χ2v) is 6.52. The van der Waals surface area contributed by atoms with E-state index < -0.39 is 11.5 Å². The zero-order valence-electron chi connectivity index (χ0n) is 12.2. The molecule has 2 fully saturated rings. The highest BCUT2D eigenvalue weighted by atomic mass is 35.5. The molecule has 0 unspecified atom stereocenters. The summed E-state index contributed by atoms with van der Waals surface area (Å²) in [6.45, 7) is 4.50. The number of aryl methyl sites for hydroxylation is 1. The van der Waals surface area contributed by atoms with Crippen molar-refractivity contribution >= 4 is 17.5 Å². The number of carbonyl (C=O) groups is 1. The van der Waals surface area contributed by atoms with Crippen LogP contribution in [0.1, 0.15) is 30.7 Å². The summed E-state index contributed by atoms with van der Waals surface area (Å²) in [7, 11) is 0. The number of nitrogens with one attached hydrogen (secondary N) is 2. The van der Waals surface area contributed by atoms with Crippen LogP contribution >= 0.6 is 11.6 Å². The summed E-state index contributed by atoms with van der Waals surface area (Å²) in [4.78, 5) is 14.5. The standard InChI is InChI=1S/C14H21ClN4O2/c1-9-12(15)10(18-17-9)7-19-6-3-11(20)14(8-19)4-2-5-16-13(14)21/h11,20H,2-8H2,1H3,(H,16,21)(H,17,18)/t11-,14+/m0/s1. The minimum atomic E-state index is -0.672. The van der Waals surface area contributed by atoms with Crippen molar-refractivity contribution in [3.63, 3.8) is 0 Å². The number of likely N-dealkylation sites (tertiary alicyclic amines) is 1. The largest absolute Gasteiger partial charge is 0.392 e. The van der Waals surface area contributed by atoms with Gasteiger partial charge in [0.05, 0.1) is 27.9 Å². The van der Waals surface area contributed by atoms with Gasteiger partial charge in [0.2, 0.25) is 5.91 Å². The Morgan fingerprint density at radius 2 is 2.38 bits per heavy atom. The van der Waals surface area contributed by atoms with Crippen LogP contribution in [0.15, 0.2) is 0 Å². The molecule has 1 aromatic rings. The molecule has 0 bridgehead atoms. The Balaban J connectivity index is 1.76. The van der Waals surface area contributed by atoms with Crippen LogP contribution in [0.5, 0.6) is 0 Å². The van der Waals surface area contributed by atoms with E-state index in [1.165, 1.54) is 0 Å². The van der Waals surface area contributed by atoms with Crippen molar-refractivity contribution in [2.45, 2.75) is 38.8 Å². The maximum atomic E-state index is 12.3. The topological polar surface area (TPSA) is 81.2 Å². The van der Waals surface area contributed by atoms with Crippen LogP contribution in [0.4, 0.5) is 0 Å². The van der Waals surface area contributed by atoms with Gasteiger partial charge in [-0.1, -0.05) is 11.6 Å². The number of aromatic amines is 1. The van der Waals surface area contributed by atoms with E-state index >= 15 is 0 Å². The van der Waals surface area contributed by atoms with Crippen LogP contribution in [0, 0.1) is 12.3 Å². The first-order valence-corrected chi connectivity index (χ1v) is 7.79. The molecule has 0 saturated carbocycles. The molecule has 0 radical (unpaired) electrons. The fourth-order valence-electron chi connectivity index (χ4n) is 3.45. The molecule has 2 saturated heterocycles. The second-order valence-electron chi connectivity index (χ2n) is 6.14. The van der Waals surface area contributed by atoms with Gasteiger partial charge in [-0.15, -0.1) is 0 Å². The predicted molar refractivity (Wildman–Crippen MR) is 78.9 cm³/mol. The van der Waals surface area contributed by atoms with Gasteiger partial charge in [0, 0.05) is 26.2 Å². The fourth-order valence-corrected chi connectivity index (χ4v) is 3.59. The van der Waals surface area contributed by atoms with E-state index in [0.717, 1.165) is 30.8 Å². The molecule has 0 aliphatic carbocycles. The fraction of sp³-hybridized carbons (Fsp3) is 0.714. The lowest BCUT2D eigenvalue weighted by Gasteiger charge is -2.46. The molecule has 3 N–H and O–H groups in total. The third-order valence-electron chi connectivity index (χ3n) is 4.71. The average Bonchev–Trinajstić information content (AvgIpc) is 2.78. The van der Waals surface area contributed by atoms with Crippen molar-refractivity contribution in [3.8, 4) is 0 Å². The Bertz CT molecular complexity index is 547. The average molecular weight is 313 g/mol. The van der Waals surface area contributed by atoms with Crippen LogP contribution in [0.25, 0.3) is 0 Å². The summed E-state index contributed by atoms with van der Waals surface area (Å²) >= 11 is 6.21. The first kappa shape index (κ1) is 14.8. The van der Waals surface area contributed by atoms with E-state index in [1.807, 2.05) is 6.92 Å². The summed E-state index contributed by atoms with van der Waals surface area (Å²) < 4.78 is 0. The number of hydrogen-bond donors (Lipinski definition) is 3. The van der Waals surface area contributed by atoms with Gasteiger partial charge in [-0.05, 0) is 26.2 Å². The Hall–Kier alpha value is -1.11. The first-order chi connectivity index (χ1) is 10.0. The van der Waals surface area contributed by atoms with Gasteiger partial charge < -0.3 is 10.4 Å². The molecule has 0 aromatic carbocycles. The number of aliphatic hydroxyl groups is 1. The Kier molecular flexibility index (Phi) is 3.94. The van der Waals surface area contributed by atoms with E-state index in [1.54, 1.807) is 0 Å². The number of nitrogens with zero attached hydrogens (tertiary/aromatic N) is 2. The molecule has 2 aliphatic heterocycles. The first-order valence-electron chi connectivity index (χ1n) is 7.41. The third kappa shape index (κ3) is 2.56. The normalized spacial score (nSPS) is 30.6. The third-order valence-corrected chi connectivity index (χ3v) is 5.22. The van der Waals surface area contributed by atoms with Gasteiger partial charge >= 0.3 is 0 Å². The summed E-state index contributed by atoms with van der Waals surface area (Å²) in [6, 6.07) is 0. The van der Waals surface area contributed by atoms with E-state index in [9.17, 15) is 9.90 Å². The predicted octanol–water partition coefficient (Wildman–Crippen LogP) is 0.835. The van der Waals surface area contributed by atoms with Crippen molar-refractivity contribution in [2.24, 2.45) is 5.41 Å². The van der Waals surface area contributed by atoms with E-state index in [0.29, 0.717) is 31.1 Å². The van der Waals surface area contributed by atoms with E-state index in [4.69, 9.17) is 11.6 Å². The summed E-state index contributed by atoms with van der Waals surface area (Å²) in [5, 5.41) is 21.0. The molecule has 6 nitrogen and oxygen atoms in total. The lowest BCUT2D eigenvalue weighted by Crippen LogP contribution is -2.61. The molecule has 1 spiro atoms. The van der Waals surface area contributed by atoms with Crippen LogP contribution in [-0.4, -0.2) is 51.8 Å². The van der Waals surface area contributed by atoms with Crippen molar-refractivity contribution in [1.82, 2.24) is 20.4 Å². The highest BCUT2D eigenvalue weighted by molar-refractivity contribution is 6.31. The van der Waals surface area contributed by atoms with Crippen molar-refractivity contribution in [2.75, 3.05) is 19.6 Å². The molecule has 2 atom stereocenters. The summed E-state index contributed by atoms with van der Waals surface area (Å²) in [5.74, 6) is -0.0183. The van der Waals surface area contributed by atoms with E-state index in [2.05, 4.69) is 20.4 Å². The molecule has 3 heterocycles. The molecule has 1 aromatic heterocycles. The van der Waals surface area contributed by atoms with Gasteiger partial charge in [-0.3, -0.25) is 14.8 Å².